The van der Waals surface area contributed by atoms with E-state index in [0.717, 1.165) is 0 Å². The number of carbonyl (C=O) groups excluding carboxylic acids is 3. The van der Waals surface area contributed by atoms with Crippen molar-refractivity contribution >= 4 is 17.9 Å². The molecule has 1 aliphatic heterocycles. The number of carbonyl (C=O) groups is 3. The molecule has 1 N–H and O–H groups in total. The zero-order valence-corrected chi connectivity index (χ0v) is 15.6. The van der Waals surface area contributed by atoms with Crippen LogP contribution in [-0.4, -0.2) is 47.4 Å². The van der Waals surface area contributed by atoms with Crippen LogP contribution in [-0.2, 0) is 28.6 Å². The third kappa shape index (κ3) is 2.82. The fourth-order valence-corrected chi connectivity index (χ4v) is 5.34. The van der Waals surface area contributed by atoms with E-state index in [1.165, 1.54) is 13.8 Å². The first-order chi connectivity index (χ1) is 12.1. The Bertz CT molecular complexity index is 656. The van der Waals surface area contributed by atoms with E-state index < -0.39 is 41.6 Å². The highest BCUT2D eigenvalue weighted by Gasteiger charge is 2.65. The minimum absolute atomic E-state index is 0.0201. The first-order valence-corrected chi connectivity index (χ1v) is 8.98. The Morgan fingerprint density at radius 2 is 1.81 bits per heavy atom. The molecule has 8 atom stereocenters. The molecule has 1 heterocycles. The number of ether oxygens (including phenoxy) is 3. The lowest BCUT2D eigenvalue weighted by Crippen LogP contribution is -2.40. The molecule has 0 radical (unpaired) electrons. The zero-order chi connectivity index (χ0) is 19.4. The predicted molar refractivity (Wildman–Crippen MR) is 89.6 cm³/mol. The van der Waals surface area contributed by atoms with E-state index in [-0.39, 0.29) is 23.9 Å². The highest BCUT2D eigenvalue weighted by Crippen LogP contribution is 2.58. The van der Waals surface area contributed by atoms with Gasteiger partial charge in [-0.05, 0) is 18.8 Å². The topological polar surface area (TPSA) is 99.1 Å². The number of hydrogen-bond acceptors (Lipinski definition) is 7. The lowest BCUT2D eigenvalue weighted by molar-refractivity contribution is -0.171. The van der Waals surface area contributed by atoms with E-state index >= 15 is 0 Å². The quantitative estimate of drug-likeness (QED) is 0.448. The molecule has 7 nitrogen and oxygen atoms in total. The molecule has 26 heavy (non-hydrogen) atoms. The molecule has 0 amide bonds. The summed E-state index contributed by atoms with van der Waals surface area (Å²) >= 11 is 0. The fourth-order valence-electron chi connectivity index (χ4n) is 5.34. The van der Waals surface area contributed by atoms with Crippen LogP contribution in [0.1, 0.15) is 40.5 Å². The normalized spacial score (nSPS) is 44.6. The predicted octanol–water partition coefficient (Wildman–Crippen LogP) is 1.37. The standard InChI is InChI=1S/C19H26O7/c1-8-6-13-12(9(2)18(23)26-13)7-19(5)14(8)15(24-10(3)20)16(17(19)22)25-11(4)21/h8,12-17,22H,2,6-7H2,1,3-5H3/t8-,12-,13-,14-,15+,16+,17-,19+/m1/s1. The Morgan fingerprint density at radius 3 is 2.38 bits per heavy atom. The fraction of sp³-hybridized carbons (Fsp3) is 0.737. The Labute approximate surface area is 152 Å². The second-order valence-corrected chi connectivity index (χ2v) is 8.12. The van der Waals surface area contributed by atoms with Gasteiger partial charge in [0, 0.05) is 36.7 Å². The highest BCUT2D eigenvalue weighted by molar-refractivity contribution is 5.90. The molecule has 2 aliphatic carbocycles. The second kappa shape index (κ2) is 6.37. The van der Waals surface area contributed by atoms with Crippen LogP contribution >= 0.6 is 0 Å². The summed E-state index contributed by atoms with van der Waals surface area (Å²) in [6.45, 7) is 10.3. The lowest BCUT2D eigenvalue weighted by Gasteiger charge is -2.37. The maximum Gasteiger partial charge on any atom is 0.334 e. The van der Waals surface area contributed by atoms with Crippen LogP contribution < -0.4 is 0 Å². The largest absolute Gasteiger partial charge is 0.458 e. The first kappa shape index (κ1) is 18.9. The van der Waals surface area contributed by atoms with Gasteiger partial charge in [0.25, 0.3) is 0 Å². The molecule has 0 aromatic heterocycles. The van der Waals surface area contributed by atoms with Gasteiger partial charge in [-0.25, -0.2) is 4.79 Å². The Morgan fingerprint density at radius 1 is 1.23 bits per heavy atom. The van der Waals surface area contributed by atoms with Crippen molar-refractivity contribution in [3.8, 4) is 0 Å². The molecule has 0 spiro atoms. The van der Waals surface area contributed by atoms with Gasteiger partial charge in [-0.3, -0.25) is 9.59 Å². The van der Waals surface area contributed by atoms with Gasteiger partial charge in [0.05, 0.1) is 0 Å². The van der Waals surface area contributed by atoms with Gasteiger partial charge in [0.15, 0.2) is 6.10 Å². The number of aliphatic hydroxyl groups excluding tert-OH is 1. The van der Waals surface area contributed by atoms with Crippen molar-refractivity contribution in [1.82, 2.24) is 0 Å². The molecule has 2 saturated carbocycles. The molecule has 0 unspecified atom stereocenters. The smallest absolute Gasteiger partial charge is 0.334 e. The van der Waals surface area contributed by atoms with Crippen LogP contribution in [0.25, 0.3) is 0 Å². The van der Waals surface area contributed by atoms with E-state index in [1.807, 2.05) is 13.8 Å². The van der Waals surface area contributed by atoms with Gasteiger partial charge >= 0.3 is 17.9 Å². The number of fused-ring (bicyclic) bond motifs is 2. The Balaban J connectivity index is 2.02. The molecule has 0 bridgehead atoms. The molecule has 0 aromatic carbocycles. The van der Waals surface area contributed by atoms with Crippen molar-refractivity contribution < 1.29 is 33.7 Å². The van der Waals surface area contributed by atoms with Crippen molar-refractivity contribution in [3.05, 3.63) is 12.2 Å². The monoisotopic (exact) mass is 366 g/mol. The van der Waals surface area contributed by atoms with Gasteiger partial charge in [0.1, 0.15) is 18.3 Å². The van der Waals surface area contributed by atoms with Crippen LogP contribution in [0.3, 0.4) is 0 Å². The van der Waals surface area contributed by atoms with Crippen molar-refractivity contribution in [3.63, 3.8) is 0 Å². The summed E-state index contributed by atoms with van der Waals surface area (Å²) in [7, 11) is 0. The summed E-state index contributed by atoms with van der Waals surface area (Å²) in [4.78, 5) is 35.2. The zero-order valence-electron chi connectivity index (χ0n) is 15.6. The summed E-state index contributed by atoms with van der Waals surface area (Å²) in [5.41, 5.74) is -0.299. The van der Waals surface area contributed by atoms with E-state index in [9.17, 15) is 19.5 Å². The number of rotatable bonds is 2. The highest BCUT2D eigenvalue weighted by atomic mass is 16.6. The van der Waals surface area contributed by atoms with Crippen molar-refractivity contribution in [2.45, 2.75) is 65.0 Å². The van der Waals surface area contributed by atoms with Crippen LogP contribution in [0, 0.1) is 23.2 Å². The molecular formula is C19H26O7. The summed E-state index contributed by atoms with van der Waals surface area (Å²) < 4.78 is 16.3. The van der Waals surface area contributed by atoms with Crippen LogP contribution in [0.15, 0.2) is 12.2 Å². The van der Waals surface area contributed by atoms with E-state index in [0.29, 0.717) is 18.4 Å². The van der Waals surface area contributed by atoms with Crippen LogP contribution in [0.4, 0.5) is 0 Å². The molecular weight excluding hydrogens is 340 g/mol. The van der Waals surface area contributed by atoms with Crippen molar-refractivity contribution in [1.29, 1.82) is 0 Å². The summed E-state index contributed by atoms with van der Waals surface area (Å²) in [6, 6.07) is 0. The Hall–Kier alpha value is -1.89. The average molecular weight is 366 g/mol. The second-order valence-electron chi connectivity index (χ2n) is 8.12. The van der Waals surface area contributed by atoms with Gasteiger partial charge in [-0.1, -0.05) is 20.4 Å². The maximum atomic E-state index is 11.9. The minimum atomic E-state index is -1.02. The summed E-state index contributed by atoms with van der Waals surface area (Å²) in [5.74, 6) is -1.88. The summed E-state index contributed by atoms with van der Waals surface area (Å²) in [5, 5.41) is 11.1. The van der Waals surface area contributed by atoms with Gasteiger partial charge < -0.3 is 19.3 Å². The van der Waals surface area contributed by atoms with Gasteiger partial charge in [-0.15, -0.1) is 0 Å². The molecule has 7 heteroatoms. The average Bonchev–Trinajstić information content (AvgIpc) is 2.82. The number of hydrogen-bond donors (Lipinski definition) is 1. The molecule has 3 fully saturated rings. The lowest BCUT2D eigenvalue weighted by atomic mass is 9.69. The van der Waals surface area contributed by atoms with Gasteiger partial charge in [0.2, 0.25) is 0 Å². The molecule has 3 rings (SSSR count). The SMILES string of the molecule is C=C1C(=O)O[C@@H]2C[C@@H](C)[C@@H]3[C@H](OC(C)=O)[C@H](OC(C)=O)[C@@H](O)[C@@]3(C)C[C@H]12. The maximum absolute atomic E-state index is 11.9. The molecule has 0 aromatic rings. The van der Waals surface area contributed by atoms with E-state index in [2.05, 4.69) is 6.58 Å². The van der Waals surface area contributed by atoms with E-state index in [1.54, 1.807) is 0 Å². The third-order valence-corrected chi connectivity index (χ3v) is 6.32. The van der Waals surface area contributed by atoms with Gasteiger partial charge in [-0.2, -0.15) is 0 Å². The number of esters is 3. The van der Waals surface area contributed by atoms with Crippen molar-refractivity contribution in [2.75, 3.05) is 0 Å². The first-order valence-electron chi connectivity index (χ1n) is 8.98. The summed E-state index contributed by atoms with van der Waals surface area (Å²) in [6.07, 6.45) is -1.96. The van der Waals surface area contributed by atoms with Crippen LogP contribution in [0.5, 0.6) is 0 Å². The number of aliphatic hydroxyl groups is 1. The molecule has 144 valence electrons. The Kier molecular flexibility index (Phi) is 4.63. The molecule has 3 aliphatic rings. The van der Waals surface area contributed by atoms with Crippen molar-refractivity contribution in [2.24, 2.45) is 23.2 Å². The minimum Gasteiger partial charge on any atom is -0.458 e. The molecule has 1 saturated heterocycles. The van der Waals surface area contributed by atoms with E-state index in [4.69, 9.17) is 14.2 Å². The third-order valence-electron chi connectivity index (χ3n) is 6.32. The van der Waals surface area contributed by atoms with Crippen LogP contribution in [0.2, 0.25) is 0 Å².